The highest BCUT2D eigenvalue weighted by Gasteiger charge is 2.24. The van der Waals surface area contributed by atoms with E-state index < -0.39 is 12.0 Å². The van der Waals surface area contributed by atoms with Crippen LogP contribution in [0.5, 0.6) is 5.75 Å². The minimum absolute atomic E-state index is 0.244. The number of nitrogens with zero attached hydrogens (tertiary/aromatic N) is 3. The zero-order chi connectivity index (χ0) is 15.7. The number of nitrogens with one attached hydrogen (secondary N) is 1. The normalized spacial score (nSPS) is 11.4. The number of rotatable bonds is 8. The molecule has 0 aromatic heterocycles. The zero-order valence-corrected chi connectivity index (χ0v) is 13.5. The SMILES string of the molecule is CCOC(=O)C(NCCN=[N+]=[N-])c1cc(OC)ccc1Br. The van der Waals surface area contributed by atoms with Crippen LogP contribution in [0.3, 0.4) is 0 Å². The molecule has 114 valence electrons. The first-order valence-corrected chi connectivity index (χ1v) is 7.17. The van der Waals surface area contributed by atoms with Gasteiger partial charge in [0.15, 0.2) is 0 Å². The third-order valence-corrected chi connectivity index (χ3v) is 3.38. The summed E-state index contributed by atoms with van der Waals surface area (Å²) in [5.74, 6) is 0.242. The van der Waals surface area contributed by atoms with Crippen molar-refractivity contribution in [2.75, 3.05) is 26.8 Å². The van der Waals surface area contributed by atoms with Crippen molar-refractivity contribution in [1.29, 1.82) is 0 Å². The second-order valence-corrected chi connectivity index (χ2v) is 4.84. The van der Waals surface area contributed by atoms with E-state index in [1.807, 2.05) is 0 Å². The van der Waals surface area contributed by atoms with E-state index in [0.29, 0.717) is 17.9 Å². The van der Waals surface area contributed by atoms with Gasteiger partial charge in [-0.05, 0) is 36.2 Å². The summed E-state index contributed by atoms with van der Waals surface area (Å²) in [6, 6.07) is 4.68. The standard InChI is InChI=1S/C13H17BrN4O3/c1-3-21-13(19)12(16-6-7-17-18-15)10-8-9(20-2)4-5-11(10)14/h4-5,8,12,16H,3,6-7H2,1-2H3. The van der Waals surface area contributed by atoms with E-state index in [-0.39, 0.29) is 13.2 Å². The molecule has 8 heteroatoms. The molecule has 1 aromatic rings. The van der Waals surface area contributed by atoms with E-state index >= 15 is 0 Å². The van der Waals surface area contributed by atoms with Gasteiger partial charge in [-0.3, -0.25) is 0 Å². The number of azide groups is 1. The van der Waals surface area contributed by atoms with Crippen LogP contribution in [-0.2, 0) is 9.53 Å². The molecule has 0 radical (unpaired) electrons. The lowest BCUT2D eigenvalue weighted by molar-refractivity contribution is -0.145. The average molecular weight is 357 g/mol. The van der Waals surface area contributed by atoms with Gasteiger partial charge in [0.2, 0.25) is 0 Å². The number of esters is 1. The Bertz CT molecular complexity index is 532. The van der Waals surface area contributed by atoms with Crippen LogP contribution in [0, 0.1) is 0 Å². The van der Waals surface area contributed by atoms with Gasteiger partial charge in [-0.1, -0.05) is 21.0 Å². The molecule has 1 unspecified atom stereocenters. The van der Waals surface area contributed by atoms with E-state index in [4.69, 9.17) is 15.0 Å². The molecule has 7 nitrogen and oxygen atoms in total. The zero-order valence-electron chi connectivity index (χ0n) is 11.9. The highest BCUT2D eigenvalue weighted by molar-refractivity contribution is 9.10. The topological polar surface area (TPSA) is 96.3 Å². The monoisotopic (exact) mass is 356 g/mol. The van der Waals surface area contributed by atoms with Crippen molar-refractivity contribution in [1.82, 2.24) is 5.32 Å². The smallest absolute Gasteiger partial charge is 0.327 e. The summed E-state index contributed by atoms with van der Waals surface area (Å²) in [6.45, 7) is 2.63. The van der Waals surface area contributed by atoms with Crippen LogP contribution in [-0.4, -0.2) is 32.8 Å². The molecule has 0 fully saturated rings. The Hall–Kier alpha value is -1.76. The fourth-order valence-electron chi connectivity index (χ4n) is 1.72. The minimum Gasteiger partial charge on any atom is -0.497 e. The van der Waals surface area contributed by atoms with Crippen LogP contribution in [0.15, 0.2) is 27.8 Å². The quantitative estimate of drug-likeness (QED) is 0.254. The third-order valence-electron chi connectivity index (χ3n) is 2.66. The van der Waals surface area contributed by atoms with E-state index in [1.54, 1.807) is 32.2 Å². The fourth-order valence-corrected chi connectivity index (χ4v) is 2.20. The summed E-state index contributed by atoms with van der Waals surface area (Å²) in [5, 5.41) is 6.45. The molecular weight excluding hydrogens is 340 g/mol. The van der Waals surface area contributed by atoms with Crippen LogP contribution >= 0.6 is 15.9 Å². The predicted octanol–water partition coefficient (Wildman–Crippen LogP) is 2.96. The number of methoxy groups -OCH3 is 1. The Morgan fingerprint density at radius 2 is 2.33 bits per heavy atom. The molecule has 0 aliphatic carbocycles. The van der Waals surface area contributed by atoms with Gasteiger partial charge in [0.05, 0.1) is 13.7 Å². The lowest BCUT2D eigenvalue weighted by atomic mass is 10.1. The number of carbonyl (C=O) groups is 1. The number of carbonyl (C=O) groups excluding carboxylic acids is 1. The summed E-state index contributed by atoms with van der Waals surface area (Å²) >= 11 is 3.42. The highest BCUT2D eigenvalue weighted by atomic mass is 79.9. The van der Waals surface area contributed by atoms with E-state index in [9.17, 15) is 4.79 Å². The van der Waals surface area contributed by atoms with Crippen LogP contribution in [0.25, 0.3) is 10.4 Å². The Balaban J connectivity index is 2.98. The molecule has 0 bridgehead atoms. The lowest BCUT2D eigenvalue weighted by Crippen LogP contribution is -2.32. The Morgan fingerprint density at radius 1 is 1.57 bits per heavy atom. The Morgan fingerprint density at radius 3 is 2.95 bits per heavy atom. The van der Waals surface area contributed by atoms with Crippen molar-refractivity contribution in [2.24, 2.45) is 5.11 Å². The first-order valence-electron chi connectivity index (χ1n) is 6.38. The molecule has 0 heterocycles. The molecular formula is C13H17BrN4O3. The third kappa shape index (κ3) is 5.26. The van der Waals surface area contributed by atoms with Crippen molar-refractivity contribution in [3.8, 4) is 5.75 Å². The van der Waals surface area contributed by atoms with Gasteiger partial charge in [0, 0.05) is 22.5 Å². The summed E-state index contributed by atoms with van der Waals surface area (Å²) in [6.07, 6.45) is 0. The maximum atomic E-state index is 12.1. The summed E-state index contributed by atoms with van der Waals surface area (Å²) in [7, 11) is 1.56. The average Bonchev–Trinajstić information content (AvgIpc) is 2.48. The molecule has 0 saturated heterocycles. The minimum atomic E-state index is -0.664. The number of hydrogen-bond acceptors (Lipinski definition) is 5. The van der Waals surface area contributed by atoms with Gasteiger partial charge in [-0.2, -0.15) is 0 Å². The first-order chi connectivity index (χ1) is 10.1. The molecule has 0 spiro atoms. The van der Waals surface area contributed by atoms with Gasteiger partial charge in [0.25, 0.3) is 0 Å². The van der Waals surface area contributed by atoms with Crippen molar-refractivity contribution in [2.45, 2.75) is 13.0 Å². The second kappa shape index (κ2) is 9.23. The van der Waals surface area contributed by atoms with Crippen LogP contribution in [0.2, 0.25) is 0 Å². The van der Waals surface area contributed by atoms with Crippen molar-refractivity contribution in [3.05, 3.63) is 38.7 Å². The lowest BCUT2D eigenvalue weighted by Gasteiger charge is -2.19. The Labute approximate surface area is 131 Å². The largest absolute Gasteiger partial charge is 0.497 e. The number of benzene rings is 1. The van der Waals surface area contributed by atoms with Crippen molar-refractivity contribution in [3.63, 3.8) is 0 Å². The maximum Gasteiger partial charge on any atom is 0.327 e. The molecule has 0 saturated carbocycles. The van der Waals surface area contributed by atoms with E-state index in [0.717, 1.165) is 4.47 Å². The molecule has 0 aliphatic heterocycles. The van der Waals surface area contributed by atoms with Gasteiger partial charge < -0.3 is 14.8 Å². The fraction of sp³-hybridized carbons (Fsp3) is 0.462. The van der Waals surface area contributed by atoms with Gasteiger partial charge in [-0.25, -0.2) is 4.79 Å². The number of ether oxygens (including phenoxy) is 2. The Kier molecular flexibility index (Phi) is 7.60. The molecule has 21 heavy (non-hydrogen) atoms. The predicted molar refractivity (Wildman–Crippen MR) is 82.1 cm³/mol. The maximum absolute atomic E-state index is 12.1. The number of hydrogen-bond donors (Lipinski definition) is 1. The summed E-state index contributed by atoms with van der Waals surface area (Å²) in [5.41, 5.74) is 8.97. The molecule has 1 rings (SSSR count). The van der Waals surface area contributed by atoms with Crippen LogP contribution in [0.4, 0.5) is 0 Å². The summed E-state index contributed by atoms with van der Waals surface area (Å²) in [4.78, 5) is 14.8. The van der Waals surface area contributed by atoms with Gasteiger partial charge in [0.1, 0.15) is 11.8 Å². The van der Waals surface area contributed by atoms with Gasteiger partial charge in [-0.15, -0.1) is 0 Å². The van der Waals surface area contributed by atoms with Crippen molar-refractivity contribution < 1.29 is 14.3 Å². The molecule has 1 aromatic carbocycles. The van der Waals surface area contributed by atoms with Gasteiger partial charge >= 0.3 is 5.97 Å². The van der Waals surface area contributed by atoms with Crippen LogP contribution in [0.1, 0.15) is 18.5 Å². The first kappa shape index (κ1) is 17.3. The number of halogens is 1. The van der Waals surface area contributed by atoms with E-state index in [1.165, 1.54) is 0 Å². The van der Waals surface area contributed by atoms with Crippen molar-refractivity contribution >= 4 is 21.9 Å². The van der Waals surface area contributed by atoms with Crippen LogP contribution < -0.4 is 10.1 Å². The molecule has 0 aliphatic rings. The molecule has 0 amide bonds. The molecule has 1 N–H and O–H groups in total. The second-order valence-electron chi connectivity index (χ2n) is 3.98. The van der Waals surface area contributed by atoms with E-state index in [2.05, 4.69) is 31.3 Å². The molecule has 1 atom stereocenters. The summed E-state index contributed by atoms with van der Waals surface area (Å²) < 4.78 is 11.0. The highest BCUT2D eigenvalue weighted by Crippen LogP contribution is 2.28.